The highest BCUT2D eigenvalue weighted by Gasteiger charge is 2.23. The third kappa shape index (κ3) is 3.90. The first kappa shape index (κ1) is 14.3. The molecule has 1 aromatic rings. The van der Waals surface area contributed by atoms with Crippen molar-refractivity contribution in [1.29, 1.82) is 0 Å². The van der Waals surface area contributed by atoms with Crippen molar-refractivity contribution < 1.29 is 9.84 Å². The van der Waals surface area contributed by atoms with Gasteiger partial charge < -0.3 is 9.84 Å². The molecule has 0 spiro atoms. The van der Waals surface area contributed by atoms with Crippen LogP contribution >= 0.6 is 11.6 Å². The molecule has 0 aromatic heterocycles. The van der Waals surface area contributed by atoms with Gasteiger partial charge in [-0.15, -0.1) is 0 Å². The molecule has 0 saturated carbocycles. The minimum atomic E-state index is -0.812. The first-order chi connectivity index (χ1) is 8.01. The molecule has 0 amide bonds. The largest absolute Gasteiger partial charge is 0.495 e. The lowest BCUT2D eigenvalue weighted by molar-refractivity contribution is 0.0447. The summed E-state index contributed by atoms with van der Waals surface area (Å²) in [6.07, 6.45) is 4.07. The standard InChI is InChI=1S/C14H21ClO2/c1-4-5-6-9-14(2,16)11-7-8-12(15)13(10-11)17-3/h7-8,10,16H,4-6,9H2,1-3H3. The lowest BCUT2D eigenvalue weighted by Crippen LogP contribution is -2.21. The molecule has 1 N–H and O–H groups in total. The summed E-state index contributed by atoms with van der Waals surface area (Å²) >= 11 is 5.97. The van der Waals surface area contributed by atoms with E-state index >= 15 is 0 Å². The Kier molecular flexibility index (Phi) is 5.29. The van der Waals surface area contributed by atoms with E-state index in [4.69, 9.17) is 16.3 Å². The fourth-order valence-corrected chi connectivity index (χ4v) is 2.05. The average Bonchev–Trinajstić information content (AvgIpc) is 2.29. The SMILES string of the molecule is CCCCCC(C)(O)c1ccc(Cl)c(OC)c1. The van der Waals surface area contributed by atoms with Gasteiger partial charge in [0.25, 0.3) is 0 Å². The van der Waals surface area contributed by atoms with Crippen LogP contribution in [0.1, 0.15) is 45.1 Å². The molecule has 0 bridgehead atoms. The average molecular weight is 257 g/mol. The lowest BCUT2D eigenvalue weighted by Gasteiger charge is -2.24. The van der Waals surface area contributed by atoms with Crippen LogP contribution in [0.4, 0.5) is 0 Å². The Labute approximate surface area is 109 Å². The molecule has 0 aliphatic carbocycles. The zero-order valence-corrected chi connectivity index (χ0v) is 11.5. The Balaban J connectivity index is 2.82. The Hall–Kier alpha value is -0.730. The molecular weight excluding hydrogens is 236 g/mol. The second-order valence-electron chi connectivity index (χ2n) is 4.58. The van der Waals surface area contributed by atoms with Crippen molar-refractivity contribution in [3.8, 4) is 5.75 Å². The molecular formula is C14H21ClO2. The van der Waals surface area contributed by atoms with E-state index in [0.717, 1.165) is 31.2 Å². The topological polar surface area (TPSA) is 29.5 Å². The zero-order valence-electron chi connectivity index (χ0n) is 10.8. The molecule has 3 heteroatoms. The predicted molar refractivity (Wildman–Crippen MR) is 71.7 cm³/mol. The van der Waals surface area contributed by atoms with E-state index in [2.05, 4.69) is 6.92 Å². The minimum Gasteiger partial charge on any atom is -0.495 e. The molecule has 0 saturated heterocycles. The van der Waals surface area contributed by atoms with E-state index < -0.39 is 5.60 Å². The molecule has 0 heterocycles. The molecule has 1 unspecified atom stereocenters. The number of hydrogen-bond donors (Lipinski definition) is 1. The summed E-state index contributed by atoms with van der Waals surface area (Å²) in [4.78, 5) is 0. The van der Waals surface area contributed by atoms with E-state index in [1.165, 1.54) is 0 Å². The van der Waals surface area contributed by atoms with E-state index in [0.29, 0.717) is 10.8 Å². The van der Waals surface area contributed by atoms with Crippen LogP contribution in [0.15, 0.2) is 18.2 Å². The maximum atomic E-state index is 10.4. The van der Waals surface area contributed by atoms with E-state index in [1.807, 2.05) is 19.1 Å². The molecule has 1 rings (SSSR count). The Bertz CT molecular complexity index is 361. The van der Waals surface area contributed by atoms with Gasteiger partial charge in [-0.25, -0.2) is 0 Å². The van der Waals surface area contributed by atoms with Crippen molar-refractivity contribution in [2.75, 3.05) is 7.11 Å². The number of ether oxygens (including phenoxy) is 1. The van der Waals surface area contributed by atoms with Gasteiger partial charge in [0.15, 0.2) is 0 Å². The Morgan fingerprint density at radius 3 is 2.65 bits per heavy atom. The van der Waals surface area contributed by atoms with Crippen molar-refractivity contribution in [1.82, 2.24) is 0 Å². The third-order valence-electron chi connectivity index (χ3n) is 3.04. The normalized spacial score (nSPS) is 14.4. The summed E-state index contributed by atoms with van der Waals surface area (Å²) in [6.45, 7) is 3.99. The Morgan fingerprint density at radius 2 is 2.06 bits per heavy atom. The number of rotatable bonds is 6. The quantitative estimate of drug-likeness (QED) is 0.776. The van der Waals surface area contributed by atoms with Gasteiger partial charge in [0.2, 0.25) is 0 Å². The van der Waals surface area contributed by atoms with E-state index in [-0.39, 0.29) is 0 Å². The van der Waals surface area contributed by atoms with E-state index in [1.54, 1.807) is 13.2 Å². The molecule has 0 aliphatic rings. The first-order valence-corrected chi connectivity index (χ1v) is 6.45. The lowest BCUT2D eigenvalue weighted by atomic mass is 9.90. The van der Waals surface area contributed by atoms with Crippen molar-refractivity contribution in [2.45, 2.75) is 45.1 Å². The first-order valence-electron chi connectivity index (χ1n) is 6.07. The molecule has 0 aliphatic heterocycles. The summed E-state index contributed by atoms with van der Waals surface area (Å²) in [5.74, 6) is 0.611. The number of hydrogen-bond acceptors (Lipinski definition) is 2. The summed E-state index contributed by atoms with van der Waals surface area (Å²) in [5.41, 5.74) is 0.0439. The zero-order chi connectivity index (χ0) is 12.9. The molecule has 96 valence electrons. The molecule has 0 fully saturated rings. The Morgan fingerprint density at radius 1 is 1.35 bits per heavy atom. The van der Waals surface area contributed by atoms with Crippen LogP contribution in [0, 0.1) is 0 Å². The summed E-state index contributed by atoms with van der Waals surface area (Å²) in [7, 11) is 1.58. The van der Waals surface area contributed by atoms with Gasteiger partial charge in [0, 0.05) is 0 Å². The van der Waals surface area contributed by atoms with Crippen molar-refractivity contribution in [2.24, 2.45) is 0 Å². The summed E-state index contributed by atoms with van der Waals surface area (Å²) in [6, 6.07) is 5.44. The highest BCUT2D eigenvalue weighted by atomic mass is 35.5. The molecule has 1 aromatic carbocycles. The molecule has 17 heavy (non-hydrogen) atoms. The fourth-order valence-electron chi connectivity index (χ4n) is 1.86. The fraction of sp³-hybridized carbons (Fsp3) is 0.571. The van der Waals surface area contributed by atoms with Crippen LogP contribution in [-0.4, -0.2) is 12.2 Å². The second kappa shape index (κ2) is 6.27. The summed E-state index contributed by atoms with van der Waals surface area (Å²) < 4.78 is 5.16. The van der Waals surface area contributed by atoms with Gasteiger partial charge in [-0.05, 0) is 31.0 Å². The van der Waals surface area contributed by atoms with Crippen molar-refractivity contribution >= 4 is 11.6 Å². The maximum Gasteiger partial charge on any atom is 0.137 e. The number of methoxy groups -OCH3 is 1. The van der Waals surface area contributed by atoms with Crippen LogP contribution in [0.25, 0.3) is 0 Å². The van der Waals surface area contributed by atoms with Gasteiger partial charge in [-0.3, -0.25) is 0 Å². The van der Waals surface area contributed by atoms with Gasteiger partial charge in [-0.1, -0.05) is 43.9 Å². The van der Waals surface area contributed by atoms with Crippen LogP contribution in [0.3, 0.4) is 0 Å². The monoisotopic (exact) mass is 256 g/mol. The molecule has 1 atom stereocenters. The van der Waals surface area contributed by atoms with Gasteiger partial charge in [-0.2, -0.15) is 0 Å². The number of benzene rings is 1. The number of aliphatic hydroxyl groups is 1. The van der Waals surface area contributed by atoms with E-state index in [9.17, 15) is 5.11 Å². The van der Waals surface area contributed by atoms with Gasteiger partial charge in [0.1, 0.15) is 5.75 Å². The third-order valence-corrected chi connectivity index (χ3v) is 3.35. The van der Waals surface area contributed by atoms with Gasteiger partial charge >= 0.3 is 0 Å². The van der Waals surface area contributed by atoms with Gasteiger partial charge in [0.05, 0.1) is 17.7 Å². The number of unbranched alkanes of at least 4 members (excludes halogenated alkanes) is 2. The predicted octanol–water partition coefficient (Wildman–Crippen LogP) is 4.14. The van der Waals surface area contributed by atoms with Crippen molar-refractivity contribution in [3.63, 3.8) is 0 Å². The second-order valence-corrected chi connectivity index (χ2v) is 4.99. The molecule has 0 radical (unpaired) electrons. The van der Waals surface area contributed by atoms with Crippen LogP contribution < -0.4 is 4.74 Å². The number of halogens is 1. The maximum absolute atomic E-state index is 10.4. The molecule has 2 nitrogen and oxygen atoms in total. The minimum absolute atomic E-state index is 0.570. The highest BCUT2D eigenvalue weighted by molar-refractivity contribution is 6.32. The van der Waals surface area contributed by atoms with Crippen molar-refractivity contribution in [3.05, 3.63) is 28.8 Å². The highest BCUT2D eigenvalue weighted by Crippen LogP contribution is 2.33. The van der Waals surface area contributed by atoms with Crippen LogP contribution in [-0.2, 0) is 5.60 Å². The summed E-state index contributed by atoms with van der Waals surface area (Å²) in [5, 5.41) is 11.0. The van der Waals surface area contributed by atoms with Crippen LogP contribution in [0.5, 0.6) is 5.75 Å². The smallest absolute Gasteiger partial charge is 0.137 e. The van der Waals surface area contributed by atoms with Crippen LogP contribution in [0.2, 0.25) is 5.02 Å².